The highest BCUT2D eigenvalue weighted by atomic mass is 32.2. The normalized spacial score (nSPS) is 43.2. The maximum Gasteiger partial charge on any atom is 0.0925 e. The fourth-order valence-electron chi connectivity index (χ4n) is 6.08. The zero-order chi connectivity index (χ0) is 14.4. The quantitative estimate of drug-likeness (QED) is 0.745. The van der Waals surface area contributed by atoms with Crippen LogP contribution in [0, 0.1) is 17.3 Å². The molecule has 0 radical (unpaired) electrons. The first-order valence-electron chi connectivity index (χ1n) is 8.36. The smallest absolute Gasteiger partial charge is 0.0925 e. The van der Waals surface area contributed by atoms with E-state index in [9.17, 15) is 5.11 Å². The number of ether oxygens (including phenoxy) is 1. The van der Waals surface area contributed by atoms with E-state index in [1.54, 1.807) is 11.8 Å². The molecule has 1 N–H and O–H groups in total. The van der Waals surface area contributed by atoms with Gasteiger partial charge >= 0.3 is 0 Å². The van der Waals surface area contributed by atoms with Crippen molar-refractivity contribution < 1.29 is 9.84 Å². The van der Waals surface area contributed by atoms with E-state index in [0.717, 1.165) is 37.0 Å². The van der Waals surface area contributed by atoms with Crippen LogP contribution in [0.25, 0.3) is 0 Å². The number of thioether (sulfide) groups is 1. The number of rotatable bonds is 6. The Bertz CT molecular complexity index is 350. The Morgan fingerprint density at radius 2 is 1.75 bits per heavy atom. The Balaban J connectivity index is 1.90. The molecule has 0 heterocycles. The zero-order valence-corrected chi connectivity index (χ0v) is 14.1. The van der Waals surface area contributed by atoms with E-state index in [1.807, 2.05) is 0 Å². The maximum absolute atomic E-state index is 11.3. The van der Waals surface area contributed by atoms with Crippen LogP contribution in [0.1, 0.15) is 65.2 Å². The molecular weight excluding hydrogens is 268 g/mol. The third-order valence-electron chi connectivity index (χ3n) is 6.65. The summed E-state index contributed by atoms with van der Waals surface area (Å²) in [6.45, 7) is 4.33. The summed E-state index contributed by atoms with van der Waals surface area (Å²) in [6.07, 6.45) is 11.4. The second-order valence-corrected chi connectivity index (χ2v) is 8.53. The molecule has 0 aromatic heterocycles. The van der Waals surface area contributed by atoms with E-state index in [2.05, 4.69) is 20.1 Å². The van der Waals surface area contributed by atoms with Gasteiger partial charge in [0.05, 0.1) is 17.1 Å². The first-order valence-corrected chi connectivity index (χ1v) is 9.75. The molecule has 116 valence electrons. The third kappa shape index (κ3) is 2.16. The second kappa shape index (κ2) is 5.17. The SMILES string of the molecule is CCC(O)(CC)C12CC3CC(CC(OCSC)(C3)C1)C2. The largest absolute Gasteiger partial charge is 0.389 e. The predicted molar refractivity (Wildman–Crippen MR) is 84.8 cm³/mol. The number of hydrogen-bond acceptors (Lipinski definition) is 3. The van der Waals surface area contributed by atoms with Gasteiger partial charge in [-0.2, -0.15) is 0 Å². The van der Waals surface area contributed by atoms with Crippen LogP contribution in [0.5, 0.6) is 0 Å². The molecule has 0 saturated heterocycles. The first-order chi connectivity index (χ1) is 9.50. The maximum atomic E-state index is 11.3. The van der Waals surface area contributed by atoms with E-state index < -0.39 is 5.60 Å². The molecule has 4 aliphatic carbocycles. The summed E-state index contributed by atoms with van der Waals surface area (Å²) >= 11 is 1.78. The van der Waals surface area contributed by atoms with E-state index >= 15 is 0 Å². The summed E-state index contributed by atoms with van der Waals surface area (Å²) in [5.74, 6) is 2.40. The molecule has 0 aromatic carbocycles. The van der Waals surface area contributed by atoms with E-state index in [4.69, 9.17) is 4.74 Å². The minimum atomic E-state index is -0.473. The standard InChI is InChI=1S/C17H30O2S/c1-4-17(18,5-2)15-7-13-6-14(8-15)10-16(9-13,11-15)19-12-20-3/h13-14,18H,4-12H2,1-3H3. The van der Waals surface area contributed by atoms with Crippen molar-refractivity contribution in [3.63, 3.8) is 0 Å². The number of hydrogen-bond donors (Lipinski definition) is 1. The van der Waals surface area contributed by atoms with Gasteiger partial charge in [0.2, 0.25) is 0 Å². The van der Waals surface area contributed by atoms with Crippen LogP contribution in [0.3, 0.4) is 0 Å². The van der Waals surface area contributed by atoms with Crippen LogP contribution >= 0.6 is 11.8 Å². The molecule has 4 rings (SSSR count). The third-order valence-corrected chi connectivity index (χ3v) is 7.00. The molecule has 0 aliphatic heterocycles. The Labute approximate surface area is 128 Å². The van der Waals surface area contributed by atoms with Gasteiger partial charge in [0.25, 0.3) is 0 Å². The van der Waals surface area contributed by atoms with Crippen molar-refractivity contribution in [2.75, 3.05) is 12.2 Å². The highest BCUT2D eigenvalue weighted by Gasteiger charge is 2.63. The molecule has 2 unspecified atom stereocenters. The molecule has 4 aliphatic rings. The van der Waals surface area contributed by atoms with Gasteiger partial charge in [0.15, 0.2) is 0 Å². The molecule has 20 heavy (non-hydrogen) atoms. The second-order valence-electron chi connectivity index (χ2n) is 7.71. The lowest BCUT2D eigenvalue weighted by Crippen LogP contribution is -2.64. The topological polar surface area (TPSA) is 29.5 Å². The van der Waals surface area contributed by atoms with Crippen LogP contribution in [-0.2, 0) is 4.74 Å². The number of aliphatic hydroxyl groups is 1. The van der Waals surface area contributed by atoms with Crippen molar-refractivity contribution in [1.82, 2.24) is 0 Å². The van der Waals surface area contributed by atoms with Crippen molar-refractivity contribution in [2.24, 2.45) is 17.3 Å². The van der Waals surface area contributed by atoms with Crippen LogP contribution in [-0.4, -0.2) is 28.5 Å². The molecule has 4 bridgehead atoms. The minimum absolute atomic E-state index is 0.0887. The fraction of sp³-hybridized carbons (Fsp3) is 1.00. The summed E-state index contributed by atoms with van der Waals surface area (Å²) < 4.78 is 6.35. The monoisotopic (exact) mass is 298 g/mol. The lowest BCUT2D eigenvalue weighted by atomic mass is 9.43. The van der Waals surface area contributed by atoms with Crippen molar-refractivity contribution in [3.05, 3.63) is 0 Å². The van der Waals surface area contributed by atoms with Crippen LogP contribution in [0.4, 0.5) is 0 Å². The molecule has 2 nitrogen and oxygen atoms in total. The molecule has 0 amide bonds. The van der Waals surface area contributed by atoms with E-state index in [0.29, 0.717) is 0 Å². The lowest BCUT2D eigenvalue weighted by molar-refractivity contribution is -0.241. The average molecular weight is 298 g/mol. The summed E-state index contributed by atoms with van der Waals surface area (Å²) in [5, 5.41) is 11.3. The van der Waals surface area contributed by atoms with E-state index in [1.165, 1.54) is 32.1 Å². The molecule has 0 spiro atoms. The van der Waals surface area contributed by atoms with Gasteiger partial charge in [0, 0.05) is 5.41 Å². The summed E-state index contributed by atoms with van der Waals surface area (Å²) in [4.78, 5) is 0. The fourth-order valence-corrected chi connectivity index (χ4v) is 6.44. The van der Waals surface area contributed by atoms with Gasteiger partial charge in [0.1, 0.15) is 0 Å². The molecule has 2 atom stereocenters. The van der Waals surface area contributed by atoms with Crippen molar-refractivity contribution in [1.29, 1.82) is 0 Å². The Morgan fingerprint density at radius 1 is 1.15 bits per heavy atom. The minimum Gasteiger partial charge on any atom is -0.389 e. The van der Waals surface area contributed by atoms with Crippen LogP contribution in [0.2, 0.25) is 0 Å². The van der Waals surface area contributed by atoms with Gasteiger partial charge in [-0.25, -0.2) is 0 Å². The van der Waals surface area contributed by atoms with Gasteiger partial charge < -0.3 is 9.84 Å². The highest BCUT2D eigenvalue weighted by Crippen LogP contribution is 2.67. The van der Waals surface area contributed by atoms with Gasteiger partial charge in [-0.15, -0.1) is 11.8 Å². The molecule has 4 saturated carbocycles. The van der Waals surface area contributed by atoms with Crippen molar-refractivity contribution >= 4 is 11.8 Å². The van der Waals surface area contributed by atoms with E-state index in [-0.39, 0.29) is 11.0 Å². The van der Waals surface area contributed by atoms with Crippen LogP contribution < -0.4 is 0 Å². The Hall–Kier alpha value is 0.270. The van der Waals surface area contributed by atoms with Crippen molar-refractivity contribution in [3.8, 4) is 0 Å². The summed E-state index contributed by atoms with van der Waals surface area (Å²) in [5.41, 5.74) is -0.247. The Kier molecular flexibility index (Phi) is 3.92. The molecule has 0 aromatic rings. The van der Waals surface area contributed by atoms with Crippen molar-refractivity contribution in [2.45, 2.75) is 76.4 Å². The Morgan fingerprint density at radius 3 is 2.25 bits per heavy atom. The summed E-state index contributed by atoms with van der Waals surface area (Å²) in [7, 11) is 0. The molecule has 3 heteroatoms. The predicted octanol–water partition coefficient (Wildman–Crippen LogP) is 4.21. The zero-order valence-electron chi connectivity index (χ0n) is 13.3. The highest BCUT2D eigenvalue weighted by molar-refractivity contribution is 7.98. The van der Waals surface area contributed by atoms with Crippen LogP contribution in [0.15, 0.2) is 0 Å². The van der Waals surface area contributed by atoms with Gasteiger partial charge in [-0.1, -0.05) is 13.8 Å². The first kappa shape index (κ1) is 15.2. The van der Waals surface area contributed by atoms with Gasteiger partial charge in [-0.05, 0) is 69.5 Å². The van der Waals surface area contributed by atoms with Gasteiger partial charge in [-0.3, -0.25) is 0 Å². The lowest BCUT2D eigenvalue weighted by Gasteiger charge is -2.65. The molecule has 4 fully saturated rings. The summed E-state index contributed by atoms with van der Waals surface area (Å²) in [6, 6.07) is 0. The average Bonchev–Trinajstić information content (AvgIpc) is 2.42. The molecular formula is C17H30O2S.